The Morgan fingerprint density at radius 2 is 1.54 bits per heavy atom. The van der Waals surface area contributed by atoms with E-state index in [-0.39, 0.29) is 23.4 Å². The number of allylic oxidation sites excluding steroid dienone is 1. The number of nitrogens with zero attached hydrogens (tertiary/aromatic N) is 1. The molecule has 0 aliphatic heterocycles. The van der Waals surface area contributed by atoms with Crippen LogP contribution in [0.5, 0.6) is 0 Å². The highest BCUT2D eigenvalue weighted by Crippen LogP contribution is 2.67. The molecule has 5 fully saturated rings. The number of rotatable bonds is 16. The first-order valence-corrected chi connectivity index (χ1v) is 21.5. The Hall–Kier alpha value is -1.40. The first kappa shape index (κ1) is 38.3. The Kier molecular flexibility index (Phi) is 12.5. The van der Waals surface area contributed by atoms with Crippen molar-refractivity contribution >= 4 is 11.9 Å². The van der Waals surface area contributed by atoms with Crippen LogP contribution in [0.3, 0.4) is 0 Å². The van der Waals surface area contributed by atoms with Gasteiger partial charge in [-0.25, -0.2) is 0 Å². The van der Waals surface area contributed by atoms with Crippen LogP contribution >= 0.6 is 0 Å². The summed E-state index contributed by atoms with van der Waals surface area (Å²) in [6.45, 7) is 14.2. The van der Waals surface area contributed by atoms with Crippen molar-refractivity contribution in [2.45, 2.75) is 181 Å². The van der Waals surface area contributed by atoms with Crippen molar-refractivity contribution in [2.24, 2.45) is 69.6 Å². The summed E-state index contributed by atoms with van der Waals surface area (Å²) in [5.74, 6) is 6.42. The summed E-state index contributed by atoms with van der Waals surface area (Å²) in [6, 6.07) is 0.690. The third-order valence-electron chi connectivity index (χ3n) is 15.8. The monoisotopic (exact) mass is 694 g/mol. The minimum Gasteiger partial charge on any atom is -0.462 e. The van der Waals surface area contributed by atoms with Crippen molar-refractivity contribution in [2.75, 3.05) is 13.1 Å². The second-order valence-electron chi connectivity index (χ2n) is 19.7. The normalized spacial score (nSPS) is 39.7. The van der Waals surface area contributed by atoms with Crippen LogP contribution in [0.25, 0.3) is 0 Å². The fourth-order valence-electron chi connectivity index (χ4n) is 12.6. The molecule has 0 aromatic rings. The van der Waals surface area contributed by atoms with Gasteiger partial charge in [0, 0.05) is 44.4 Å². The molecule has 0 spiro atoms. The third kappa shape index (κ3) is 8.53. The van der Waals surface area contributed by atoms with Crippen LogP contribution in [0, 0.1) is 58.2 Å². The predicted octanol–water partition coefficient (Wildman–Crippen LogP) is 9.19. The Labute approximate surface area is 306 Å². The molecule has 8 atom stereocenters. The fourth-order valence-corrected chi connectivity index (χ4v) is 12.6. The number of hydrogen-bond acceptors (Lipinski definition) is 5. The molecular weight excluding hydrogens is 619 g/mol. The van der Waals surface area contributed by atoms with Crippen LogP contribution in [-0.4, -0.2) is 48.1 Å². The van der Waals surface area contributed by atoms with Crippen LogP contribution in [0.15, 0.2) is 11.6 Å². The number of hydrogen-bond donors (Lipinski definition) is 2. The van der Waals surface area contributed by atoms with Gasteiger partial charge < -0.3 is 21.1 Å². The smallest absolute Gasteiger partial charge is 0.306 e. The first-order chi connectivity index (χ1) is 23.9. The maximum absolute atomic E-state index is 13.3. The molecule has 6 heteroatoms. The van der Waals surface area contributed by atoms with Crippen molar-refractivity contribution in [3.05, 3.63) is 11.6 Å². The van der Waals surface area contributed by atoms with Gasteiger partial charge >= 0.3 is 5.97 Å². The van der Waals surface area contributed by atoms with E-state index >= 15 is 0 Å². The van der Waals surface area contributed by atoms with Gasteiger partial charge in [-0.3, -0.25) is 9.59 Å². The summed E-state index contributed by atoms with van der Waals surface area (Å²) >= 11 is 0. The molecule has 0 saturated heterocycles. The number of fused-ring (bicyclic) bond motifs is 5. The average molecular weight is 694 g/mol. The molecule has 0 bridgehead atoms. The molecule has 0 heterocycles. The standard InChI is InChI=1S/C44H75N3O3/c1-29(2)8-6-9-30(3)38-14-15-39-37-13-12-33-28-36(16-20-43(33,4)40(37)17-21-44(38,39)5)50-42(49)11-7-10-41(48)47(22-18-31-24-34(45)25-31)23-19-32-26-35(46)27-32/h12,29-32,34-40H,6-11,13-28,45-46H2,1-5H3/t30?,31?,32?,34?,35?,36-,37-,38+,39-,40-,43-,44+/m0/s1. The van der Waals surface area contributed by atoms with E-state index < -0.39 is 0 Å². The van der Waals surface area contributed by atoms with E-state index in [0.29, 0.717) is 48.6 Å². The molecule has 5 saturated carbocycles. The van der Waals surface area contributed by atoms with E-state index in [1.165, 1.54) is 51.4 Å². The molecule has 4 N–H and O–H groups in total. The van der Waals surface area contributed by atoms with Gasteiger partial charge in [0.15, 0.2) is 0 Å². The van der Waals surface area contributed by atoms with Gasteiger partial charge in [-0.05, 0) is 148 Å². The quantitative estimate of drug-likeness (QED) is 0.124. The summed E-state index contributed by atoms with van der Waals surface area (Å²) < 4.78 is 6.13. The minimum atomic E-state index is -0.118. The van der Waals surface area contributed by atoms with Crippen LogP contribution in [-0.2, 0) is 14.3 Å². The van der Waals surface area contributed by atoms with Gasteiger partial charge in [0.1, 0.15) is 6.10 Å². The van der Waals surface area contributed by atoms with E-state index in [4.69, 9.17) is 16.2 Å². The van der Waals surface area contributed by atoms with Gasteiger partial charge in [-0.15, -0.1) is 0 Å². The second kappa shape index (κ2) is 16.3. The lowest BCUT2D eigenvalue weighted by Crippen LogP contribution is -2.51. The van der Waals surface area contributed by atoms with Crippen molar-refractivity contribution in [3.63, 3.8) is 0 Å². The molecule has 6 aliphatic rings. The van der Waals surface area contributed by atoms with Crippen LogP contribution in [0.2, 0.25) is 0 Å². The Bertz CT molecular complexity index is 1170. The van der Waals surface area contributed by atoms with E-state index in [9.17, 15) is 9.59 Å². The highest BCUT2D eigenvalue weighted by Gasteiger charge is 2.59. The number of esters is 1. The lowest BCUT2D eigenvalue weighted by atomic mass is 9.47. The van der Waals surface area contributed by atoms with Crippen LogP contribution in [0.1, 0.15) is 163 Å². The van der Waals surface area contributed by atoms with Crippen LogP contribution < -0.4 is 11.5 Å². The lowest BCUT2D eigenvalue weighted by Gasteiger charge is -2.58. The second-order valence-corrected chi connectivity index (χ2v) is 19.7. The van der Waals surface area contributed by atoms with Crippen molar-refractivity contribution in [1.82, 2.24) is 4.90 Å². The topological polar surface area (TPSA) is 98.7 Å². The van der Waals surface area contributed by atoms with E-state index in [1.54, 1.807) is 5.57 Å². The number of amides is 1. The van der Waals surface area contributed by atoms with Gasteiger partial charge in [0.05, 0.1) is 0 Å². The number of carbonyl (C=O) groups excluding carboxylic acids is 2. The molecule has 0 aromatic heterocycles. The van der Waals surface area contributed by atoms with E-state index in [1.807, 2.05) is 0 Å². The molecule has 0 aromatic carbocycles. The Morgan fingerprint density at radius 3 is 2.18 bits per heavy atom. The molecular formula is C44H75N3O3. The molecule has 0 radical (unpaired) electrons. The number of carbonyl (C=O) groups is 2. The summed E-state index contributed by atoms with van der Waals surface area (Å²) in [6.07, 6.45) is 24.4. The molecule has 284 valence electrons. The van der Waals surface area contributed by atoms with Crippen molar-refractivity contribution in [3.8, 4) is 0 Å². The van der Waals surface area contributed by atoms with Crippen molar-refractivity contribution < 1.29 is 14.3 Å². The zero-order valence-electron chi connectivity index (χ0n) is 32.8. The fraction of sp³-hybridized carbons (Fsp3) is 0.909. The maximum Gasteiger partial charge on any atom is 0.306 e. The maximum atomic E-state index is 13.3. The Balaban J connectivity index is 0.957. The summed E-state index contributed by atoms with van der Waals surface area (Å²) in [4.78, 5) is 28.4. The SMILES string of the molecule is CC(C)CCCC(C)[C@H]1CC[C@H]2[C@@H]3CC=C4C[C@@H](OC(=O)CCCC(=O)N(CCC5CC(N)C5)CCC5CC(N)C5)CC[C@]4(C)[C@H]3CC[C@]12C. The van der Waals surface area contributed by atoms with Gasteiger partial charge in [0.25, 0.3) is 0 Å². The third-order valence-corrected chi connectivity index (χ3v) is 15.8. The zero-order valence-corrected chi connectivity index (χ0v) is 32.8. The molecule has 50 heavy (non-hydrogen) atoms. The number of ether oxygens (including phenoxy) is 1. The predicted molar refractivity (Wildman–Crippen MR) is 204 cm³/mol. The molecule has 6 aliphatic carbocycles. The average Bonchev–Trinajstić information content (AvgIpc) is 3.40. The first-order valence-electron chi connectivity index (χ1n) is 21.5. The molecule has 1 amide bonds. The van der Waals surface area contributed by atoms with Gasteiger partial charge in [-0.1, -0.05) is 65.5 Å². The highest BCUT2D eigenvalue weighted by molar-refractivity contribution is 5.77. The minimum absolute atomic E-state index is 0.00956. The Morgan fingerprint density at radius 1 is 0.860 bits per heavy atom. The van der Waals surface area contributed by atoms with Crippen molar-refractivity contribution in [1.29, 1.82) is 0 Å². The van der Waals surface area contributed by atoms with E-state index in [0.717, 1.165) is 106 Å². The van der Waals surface area contributed by atoms with Gasteiger partial charge in [0.2, 0.25) is 5.91 Å². The van der Waals surface area contributed by atoms with Gasteiger partial charge in [-0.2, -0.15) is 0 Å². The lowest BCUT2D eigenvalue weighted by molar-refractivity contribution is -0.151. The zero-order chi connectivity index (χ0) is 35.6. The van der Waals surface area contributed by atoms with Crippen LogP contribution in [0.4, 0.5) is 0 Å². The largest absolute Gasteiger partial charge is 0.462 e. The summed E-state index contributed by atoms with van der Waals surface area (Å²) in [5, 5.41) is 0. The molecule has 1 unspecified atom stereocenters. The molecule has 6 nitrogen and oxygen atoms in total. The highest BCUT2D eigenvalue weighted by atomic mass is 16.5. The summed E-state index contributed by atoms with van der Waals surface area (Å²) in [5.41, 5.74) is 14.4. The number of nitrogens with two attached hydrogens (primary N) is 2. The molecule has 6 rings (SSSR count). The van der Waals surface area contributed by atoms with E-state index in [2.05, 4.69) is 45.6 Å². The summed E-state index contributed by atoms with van der Waals surface area (Å²) in [7, 11) is 0.